The van der Waals surface area contributed by atoms with E-state index in [2.05, 4.69) is 0 Å². The third-order valence-electron chi connectivity index (χ3n) is 2.58. The second-order valence-electron chi connectivity index (χ2n) is 3.98. The highest BCUT2D eigenvalue weighted by molar-refractivity contribution is 6.30. The molecule has 1 aliphatic rings. The van der Waals surface area contributed by atoms with Gasteiger partial charge in [0.1, 0.15) is 5.75 Å². The van der Waals surface area contributed by atoms with Crippen LogP contribution in [0, 0.1) is 5.92 Å². The molecular weight excluding hydrogens is 212 g/mol. The molecule has 0 heterocycles. The number of benzene rings is 1. The molecule has 1 aromatic rings. The Bertz CT molecular complexity index is 334. The van der Waals surface area contributed by atoms with Gasteiger partial charge in [0.25, 0.3) is 0 Å². The van der Waals surface area contributed by atoms with Crippen molar-refractivity contribution < 1.29 is 9.84 Å². The molecule has 2 rings (SSSR count). The van der Waals surface area contributed by atoms with Gasteiger partial charge >= 0.3 is 0 Å². The van der Waals surface area contributed by atoms with Crippen molar-refractivity contribution in [3.8, 4) is 5.75 Å². The monoisotopic (exact) mass is 226 g/mol. The van der Waals surface area contributed by atoms with E-state index < -0.39 is 0 Å². The van der Waals surface area contributed by atoms with E-state index in [0.717, 1.165) is 23.8 Å². The average Bonchev–Trinajstić information content (AvgIpc) is 3.01. The summed E-state index contributed by atoms with van der Waals surface area (Å²) in [5.41, 5.74) is 0.991. The van der Waals surface area contributed by atoms with Gasteiger partial charge in [0.2, 0.25) is 0 Å². The Kier molecular flexibility index (Phi) is 3.49. The molecule has 1 aromatic carbocycles. The Labute approximate surface area is 94.8 Å². The summed E-state index contributed by atoms with van der Waals surface area (Å²) in [6.07, 6.45) is 3.16. The van der Waals surface area contributed by atoms with Gasteiger partial charge in [0.05, 0.1) is 6.61 Å². The molecule has 0 atom stereocenters. The smallest absolute Gasteiger partial charge is 0.122 e. The highest BCUT2D eigenvalue weighted by Crippen LogP contribution is 2.31. The highest BCUT2D eigenvalue weighted by Gasteiger charge is 2.22. The molecule has 15 heavy (non-hydrogen) atoms. The lowest BCUT2D eigenvalue weighted by atomic mass is 10.1. The van der Waals surface area contributed by atoms with Gasteiger partial charge in [-0.2, -0.15) is 0 Å². The van der Waals surface area contributed by atoms with Gasteiger partial charge < -0.3 is 9.84 Å². The van der Waals surface area contributed by atoms with Crippen LogP contribution in [0.5, 0.6) is 5.75 Å². The number of rotatable bonds is 5. The minimum Gasteiger partial charge on any atom is -0.493 e. The van der Waals surface area contributed by atoms with Crippen molar-refractivity contribution in [2.45, 2.75) is 19.3 Å². The molecule has 0 aliphatic heterocycles. The number of ether oxygens (including phenoxy) is 1. The summed E-state index contributed by atoms with van der Waals surface area (Å²) in [4.78, 5) is 0. The van der Waals surface area contributed by atoms with Crippen LogP contribution in [0.4, 0.5) is 0 Å². The summed E-state index contributed by atoms with van der Waals surface area (Å²) in [6, 6.07) is 5.57. The van der Waals surface area contributed by atoms with E-state index in [1.54, 1.807) is 0 Å². The van der Waals surface area contributed by atoms with Gasteiger partial charge in [-0.25, -0.2) is 0 Å². The predicted octanol–water partition coefficient (Wildman–Crippen LogP) is 2.66. The van der Waals surface area contributed by atoms with Crippen LogP contribution in [0.3, 0.4) is 0 Å². The average molecular weight is 227 g/mol. The van der Waals surface area contributed by atoms with Crippen molar-refractivity contribution in [2.75, 3.05) is 13.2 Å². The Hall–Kier alpha value is -0.730. The van der Waals surface area contributed by atoms with Crippen LogP contribution >= 0.6 is 11.6 Å². The standard InChI is InChI=1S/C12H15ClO2/c13-11-3-4-12(10(7-11)5-6-14)15-8-9-1-2-9/h3-4,7,9,14H,1-2,5-6,8H2. The maximum absolute atomic E-state index is 8.93. The van der Waals surface area contributed by atoms with Crippen LogP contribution in [0.25, 0.3) is 0 Å². The number of halogens is 1. The largest absolute Gasteiger partial charge is 0.493 e. The fraction of sp³-hybridized carbons (Fsp3) is 0.500. The molecule has 2 nitrogen and oxygen atoms in total. The summed E-state index contributed by atoms with van der Waals surface area (Å²) < 4.78 is 5.70. The van der Waals surface area contributed by atoms with Crippen LogP contribution in [0.1, 0.15) is 18.4 Å². The Morgan fingerprint density at radius 3 is 2.87 bits per heavy atom. The third kappa shape index (κ3) is 3.11. The molecule has 0 aromatic heterocycles. The molecule has 1 saturated carbocycles. The summed E-state index contributed by atoms with van der Waals surface area (Å²) in [5.74, 6) is 1.60. The Balaban J connectivity index is 2.04. The van der Waals surface area contributed by atoms with Crippen molar-refractivity contribution in [3.05, 3.63) is 28.8 Å². The number of hydrogen-bond donors (Lipinski definition) is 1. The minimum atomic E-state index is 0.125. The first kappa shape index (κ1) is 10.8. The minimum absolute atomic E-state index is 0.125. The van der Waals surface area contributed by atoms with Gasteiger partial charge in [-0.3, -0.25) is 0 Å². The first-order valence-electron chi connectivity index (χ1n) is 5.31. The Morgan fingerprint density at radius 2 is 2.20 bits per heavy atom. The zero-order chi connectivity index (χ0) is 10.7. The summed E-state index contributed by atoms with van der Waals surface area (Å²) in [6.45, 7) is 0.917. The van der Waals surface area contributed by atoms with Gasteiger partial charge in [0, 0.05) is 11.6 Å². The number of aliphatic hydroxyl groups is 1. The fourth-order valence-corrected chi connectivity index (χ4v) is 1.69. The summed E-state index contributed by atoms with van der Waals surface area (Å²) in [5, 5.41) is 9.62. The second kappa shape index (κ2) is 4.86. The van der Waals surface area contributed by atoms with Crippen molar-refractivity contribution in [1.82, 2.24) is 0 Å². The van der Waals surface area contributed by atoms with E-state index in [-0.39, 0.29) is 6.61 Å². The molecule has 1 aliphatic carbocycles. The number of hydrogen-bond acceptors (Lipinski definition) is 2. The SMILES string of the molecule is OCCc1cc(Cl)ccc1OCC1CC1. The molecule has 0 spiro atoms. The van der Waals surface area contributed by atoms with Crippen molar-refractivity contribution in [1.29, 1.82) is 0 Å². The molecule has 0 unspecified atom stereocenters. The first-order chi connectivity index (χ1) is 7.29. The van der Waals surface area contributed by atoms with Crippen LogP contribution in [-0.4, -0.2) is 18.3 Å². The van der Waals surface area contributed by atoms with Gasteiger partial charge in [-0.1, -0.05) is 11.6 Å². The van der Waals surface area contributed by atoms with E-state index in [4.69, 9.17) is 21.4 Å². The molecule has 0 amide bonds. The van der Waals surface area contributed by atoms with Crippen molar-refractivity contribution in [3.63, 3.8) is 0 Å². The third-order valence-corrected chi connectivity index (χ3v) is 2.81. The zero-order valence-corrected chi connectivity index (χ0v) is 9.33. The maximum Gasteiger partial charge on any atom is 0.122 e. The predicted molar refractivity (Wildman–Crippen MR) is 60.5 cm³/mol. The quantitative estimate of drug-likeness (QED) is 0.837. The summed E-state index contributed by atoms with van der Waals surface area (Å²) in [7, 11) is 0. The highest BCUT2D eigenvalue weighted by atomic mass is 35.5. The van der Waals surface area contributed by atoms with E-state index in [1.165, 1.54) is 12.8 Å². The van der Waals surface area contributed by atoms with E-state index in [9.17, 15) is 0 Å². The zero-order valence-electron chi connectivity index (χ0n) is 8.58. The van der Waals surface area contributed by atoms with E-state index in [0.29, 0.717) is 11.4 Å². The van der Waals surface area contributed by atoms with E-state index in [1.807, 2.05) is 18.2 Å². The van der Waals surface area contributed by atoms with Crippen LogP contribution in [-0.2, 0) is 6.42 Å². The molecule has 1 fully saturated rings. The van der Waals surface area contributed by atoms with Crippen molar-refractivity contribution >= 4 is 11.6 Å². The molecule has 0 bridgehead atoms. The van der Waals surface area contributed by atoms with Crippen molar-refractivity contribution in [2.24, 2.45) is 5.92 Å². The molecule has 0 radical (unpaired) electrons. The van der Waals surface area contributed by atoms with Gasteiger partial charge in [-0.05, 0) is 48.9 Å². The molecular formula is C12H15ClO2. The molecule has 3 heteroatoms. The summed E-state index contributed by atoms with van der Waals surface area (Å²) >= 11 is 5.89. The van der Waals surface area contributed by atoms with Crippen LogP contribution in [0.15, 0.2) is 18.2 Å². The van der Waals surface area contributed by atoms with Gasteiger partial charge in [-0.15, -0.1) is 0 Å². The van der Waals surface area contributed by atoms with Gasteiger partial charge in [0.15, 0.2) is 0 Å². The Morgan fingerprint density at radius 1 is 1.40 bits per heavy atom. The van der Waals surface area contributed by atoms with Crippen LogP contribution in [0.2, 0.25) is 5.02 Å². The molecule has 1 N–H and O–H groups in total. The lowest BCUT2D eigenvalue weighted by Gasteiger charge is -2.10. The lowest BCUT2D eigenvalue weighted by molar-refractivity contribution is 0.281. The fourth-order valence-electron chi connectivity index (χ4n) is 1.50. The normalized spacial score (nSPS) is 15.3. The maximum atomic E-state index is 8.93. The number of aliphatic hydroxyl groups excluding tert-OH is 1. The van der Waals surface area contributed by atoms with E-state index >= 15 is 0 Å². The van der Waals surface area contributed by atoms with Crippen LogP contribution < -0.4 is 4.74 Å². The first-order valence-corrected chi connectivity index (χ1v) is 5.69. The molecule has 82 valence electrons. The second-order valence-corrected chi connectivity index (χ2v) is 4.42. The molecule has 0 saturated heterocycles. The topological polar surface area (TPSA) is 29.5 Å². The lowest BCUT2D eigenvalue weighted by Crippen LogP contribution is -2.02.